The number of aromatic carboxylic acids is 1. The van der Waals surface area contributed by atoms with Crippen LogP contribution in [-0.4, -0.2) is 26.1 Å². The standard InChI is InChI=1S/C25H24N4O2/c1-18-7-9-20(10-8-18)17-29-27-23(24(28-29)21-5-3-2-4-6-21)16-26-15-19-11-13-22(14-12-19)25(30)31/h2-14,26H,15-17H2,1H3,(H,30,31). The number of nitrogens with zero attached hydrogens (tertiary/aromatic N) is 3. The Kier molecular flexibility index (Phi) is 6.19. The topological polar surface area (TPSA) is 80.0 Å². The molecule has 0 saturated heterocycles. The maximum absolute atomic E-state index is 11.0. The number of rotatable bonds is 8. The van der Waals surface area contributed by atoms with Crippen molar-refractivity contribution >= 4 is 5.97 Å². The number of carbonyl (C=O) groups is 1. The van der Waals surface area contributed by atoms with Crippen LogP contribution in [0.1, 0.15) is 32.7 Å². The predicted octanol–water partition coefficient (Wildman–Crippen LogP) is 4.29. The van der Waals surface area contributed by atoms with Crippen LogP contribution in [0.4, 0.5) is 0 Å². The van der Waals surface area contributed by atoms with Crippen molar-refractivity contribution in [3.05, 3.63) is 107 Å². The number of benzene rings is 3. The second-order valence-electron chi connectivity index (χ2n) is 7.48. The highest BCUT2D eigenvalue weighted by Crippen LogP contribution is 2.20. The first kappa shape index (κ1) is 20.5. The van der Waals surface area contributed by atoms with E-state index in [4.69, 9.17) is 15.3 Å². The van der Waals surface area contributed by atoms with Crippen LogP contribution in [0, 0.1) is 6.92 Å². The van der Waals surface area contributed by atoms with Crippen molar-refractivity contribution < 1.29 is 9.90 Å². The van der Waals surface area contributed by atoms with E-state index in [1.54, 1.807) is 16.9 Å². The van der Waals surface area contributed by atoms with E-state index in [1.165, 1.54) is 5.56 Å². The fourth-order valence-electron chi connectivity index (χ4n) is 3.34. The lowest BCUT2D eigenvalue weighted by Gasteiger charge is -2.05. The van der Waals surface area contributed by atoms with Crippen LogP contribution in [0.5, 0.6) is 0 Å². The molecule has 0 amide bonds. The average Bonchev–Trinajstić information content (AvgIpc) is 3.19. The summed E-state index contributed by atoms with van der Waals surface area (Å²) in [6.45, 7) is 3.84. The molecule has 0 atom stereocenters. The van der Waals surface area contributed by atoms with Gasteiger partial charge in [-0.2, -0.15) is 15.0 Å². The Hall–Kier alpha value is -3.77. The zero-order valence-electron chi connectivity index (χ0n) is 17.3. The lowest BCUT2D eigenvalue weighted by molar-refractivity contribution is 0.0697. The van der Waals surface area contributed by atoms with Crippen molar-refractivity contribution in [1.82, 2.24) is 20.3 Å². The fourth-order valence-corrected chi connectivity index (χ4v) is 3.34. The van der Waals surface area contributed by atoms with Crippen LogP contribution >= 0.6 is 0 Å². The molecule has 0 bridgehead atoms. The minimum atomic E-state index is -0.919. The summed E-state index contributed by atoms with van der Waals surface area (Å²) in [7, 11) is 0. The van der Waals surface area contributed by atoms with Crippen LogP contribution in [0.2, 0.25) is 0 Å². The molecule has 6 nitrogen and oxygen atoms in total. The van der Waals surface area contributed by atoms with Crippen LogP contribution in [0.15, 0.2) is 78.9 Å². The third kappa shape index (κ3) is 5.24. The summed E-state index contributed by atoms with van der Waals surface area (Å²) < 4.78 is 0. The van der Waals surface area contributed by atoms with Gasteiger partial charge in [0.1, 0.15) is 11.4 Å². The van der Waals surface area contributed by atoms with Gasteiger partial charge in [0.25, 0.3) is 0 Å². The SMILES string of the molecule is Cc1ccc(Cn2nc(CNCc3ccc(C(=O)O)cc3)c(-c3ccccc3)n2)cc1. The lowest BCUT2D eigenvalue weighted by atomic mass is 10.1. The van der Waals surface area contributed by atoms with E-state index in [0.717, 1.165) is 28.1 Å². The number of hydrogen-bond donors (Lipinski definition) is 2. The fraction of sp³-hybridized carbons (Fsp3) is 0.160. The van der Waals surface area contributed by atoms with E-state index in [1.807, 2.05) is 42.5 Å². The van der Waals surface area contributed by atoms with E-state index in [2.05, 4.69) is 36.5 Å². The van der Waals surface area contributed by atoms with Gasteiger partial charge >= 0.3 is 5.97 Å². The number of carboxylic acids is 1. The van der Waals surface area contributed by atoms with Crippen molar-refractivity contribution in [3.63, 3.8) is 0 Å². The van der Waals surface area contributed by atoms with Crippen LogP contribution in [-0.2, 0) is 19.6 Å². The van der Waals surface area contributed by atoms with Gasteiger partial charge in [0.15, 0.2) is 0 Å². The van der Waals surface area contributed by atoms with Crippen molar-refractivity contribution in [3.8, 4) is 11.3 Å². The molecule has 0 radical (unpaired) electrons. The Morgan fingerprint density at radius 3 is 2.23 bits per heavy atom. The van der Waals surface area contributed by atoms with Crippen molar-refractivity contribution in [2.24, 2.45) is 0 Å². The number of hydrogen-bond acceptors (Lipinski definition) is 4. The summed E-state index contributed by atoms with van der Waals surface area (Å²) >= 11 is 0. The van der Waals surface area contributed by atoms with Gasteiger partial charge in [0.2, 0.25) is 0 Å². The Balaban J connectivity index is 1.50. The lowest BCUT2D eigenvalue weighted by Crippen LogP contribution is -2.14. The van der Waals surface area contributed by atoms with Crippen LogP contribution < -0.4 is 5.32 Å². The van der Waals surface area contributed by atoms with Gasteiger partial charge in [-0.25, -0.2) is 4.79 Å². The summed E-state index contributed by atoms with van der Waals surface area (Å²) in [5.74, 6) is -0.919. The maximum Gasteiger partial charge on any atom is 0.335 e. The molecule has 0 aliphatic rings. The normalized spacial score (nSPS) is 10.9. The van der Waals surface area contributed by atoms with E-state index >= 15 is 0 Å². The monoisotopic (exact) mass is 412 g/mol. The number of aryl methyl sites for hydroxylation is 1. The molecule has 3 aromatic carbocycles. The molecule has 4 aromatic rings. The van der Waals surface area contributed by atoms with E-state index in [-0.39, 0.29) is 5.56 Å². The summed E-state index contributed by atoms with van der Waals surface area (Å²) in [5, 5.41) is 21.9. The molecule has 0 spiro atoms. The smallest absolute Gasteiger partial charge is 0.335 e. The van der Waals surface area contributed by atoms with Crippen molar-refractivity contribution in [2.75, 3.05) is 0 Å². The number of carboxylic acid groups (broad SMARTS) is 1. The molecule has 31 heavy (non-hydrogen) atoms. The molecule has 1 heterocycles. The second kappa shape index (κ2) is 9.36. The molecule has 4 rings (SSSR count). The zero-order chi connectivity index (χ0) is 21.6. The summed E-state index contributed by atoms with van der Waals surface area (Å²) in [5.41, 5.74) is 6.44. The molecule has 0 aliphatic carbocycles. The largest absolute Gasteiger partial charge is 0.478 e. The molecule has 0 aliphatic heterocycles. The Bertz CT molecular complexity index is 1150. The Labute approximate surface area is 181 Å². The van der Waals surface area contributed by atoms with E-state index < -0.39 is 5.97 Å². The third-order valence-electron chi connectivity index (χ3n) is 5.04. The number of aromatic nitrogens is 3. The molecule has 0 unspecified atom stereocenters. The summed E-state index contributed by atoms with van der Waals surface area (Å²) in [6.07, 6.45) is 0. The molecule has 1 aromatic heterocycles. The molecule has 6 heteroatoms. The highest BCUT2D eigenvalue weighted by molar-refractivity contribution is 5.87. The van der Waals surface area contributed by atoms with Gasteiger partial charge < -0.3 is 10.4 Å². The maximum atomic E-state index is 11.0. The van der Waals surface area contributed by atoms with Crippen LogP contribution in [0.3, 0.4) is 0 Å². The minimum absolute atomic E-state index is 0.286. The molecule has 2 N–H and O–H groups in total. The van der Waals surface area contributed by atoms with Gasteiger partial charge in [0.05, 0.1) is 12.1 Å². The first-order valence-electron chi connectivity index (χ1n) is 10.2. The highest BCUT2D eigenvalue weighted by atomic mass is 16.4. The van der Waals surface area contributed by atoms with Crippen LogP contribution in [0.25, 0.3) is 11.3 Å². The summed E-state index contributed by atoms with van der Waals surface area (Å²) in [4.78, 5) is 12.7. The predicted molar refractivity (Wildman–Crippen MR) is 120 cm³/mol. The van der Waals surface area contributed by atoms with Gasteiger partial charge in [-0.1, -0.05) is 72.3 Å². The third-order valence-corrected chi connectivity index (χ3v) is 5.04. The van der Waals surface area contributed by atoms with Gasteiger partial charge in [-0.05, 0) is 30.2 Å². The second-order valence-corrected chi connectivity index (χ2v) is 7.48. The Morgan fingerprint density at radius 1 is 0.871 bits per heavy atom. The van der Waals surface area contributed by atoms with Gasteiger partial charge in [0, 0.05) is 18.7 Å². The molecular weight excluding hydrogens is 388 g/mol. The molecule has 156 valence electrons. The minimum Gasteiger partial charge on any atom is -0.478 e. The number of nitrogens with one attached hydrogen (secondary N) is 1. The van der Waals surface area contributed by atoms with E-state index in [0.29, 0.717) is 19.6 Å². The Morgan fingerprint density at radius 2 is 1.55 bits per heavy atom. The quantitative estimate of drug-likeness (QED) is 0.451. The molecular formula is C25H24N4O2. The zero-order valence-corrected chi connectivity index (χ0v) is 17.3. The van der Waals surface area contributed by atoms with E-state index in [9.17, 15) is 4.79 Å². The first-order chi connectivity index (χ1) is 15.1. The highest BCUT2D eigenvalue weighted by Gasteiger charge is 2.13. The van der Waals surface area contributed by atoms with Gasteiger partial charge in [-0.15, -0.1) is 0 Å². The van der Waals surface area contributed by atoms with Crippen molar-refractivity contribution in [1.29, 1.82) is 0 Å². The summed E-state index contributed by atoms with van der Waals surface area (Å²) in [6, 6.07) is 25.3. The molecule has 0 saturated carbocycles. The van der Waals surface area contributed by atoms with Gasteiger partial charge in [-0.3, -0.25) is 0 Å². The van der Waals surface area contributed by atoms with Crippen molar-refractivity contribution in [2.45, 2.75) is 26.6 Å². The first-order valence-corrected chi connectivity index (χ1v) is 10.2. The molecule has 0 fully saturated rings. The average molecular weight is 412 g/mol.